The first-order valence-corrected chi connectivity index (χ1v) is 13.4. The standard InChI is InChI=1S/C32H25ClN2O6/c1-18(36)34-21-9-6-19(7-10-21)23-12-11-22(17-26(23)33)35-30(20-8-13-27-28(16-20)41-15-14-40-27)29(32(38)39)24-4-2-3-5-25(24)31(35)37/h2-13,16-17,29-30H,14-15H2,1H3,(H,34,36)(H,38,39)/t29-,30+/m0/s1. The summed E-state index contributed by atoms with van der Waals surface area (Å²) in [4.78, 5) is 39.7. The van der Waals surface area contributed by atoms with Gasteiger partial charge in [0, 0.05) is 29.4 Å². The third kappa shape index (κ3) is 4.87. The van der Waals surface area contributed by atoms with Crippen molar-refractivity contribution in [3.05, 3.63) is 107 Å². The second-order valence-electron chi connectivity index (χ2n) is 9.85. The van der Waals surface area contributed by atoms with Crippen molar-refractivity contribution in [3.63, 3.8) is 0 Å². The van der Waals surface area contributed by atoms with Crippen molar-refractivity contribution in [2.75, 3.05) is 23.4 Å². The number of nitrogens with one attached hydrogen (secondary N) is 1. The second-order valence-corrected chi connectivity index (χ2v) is 10.3. The van der Waals surface area contributed by atoms with Crippen molar-refractivity contribution in [1.29, 1.82) is 0 Å². The van der Waals surface area contributed by atoms with Crippen LogP contribution in [0.4, 0.5) is 11.4 Å². The maximum Gasteiger partial charge on any atom is 0.313 e. The third-order valence-corrected chi connectivity index (χ3v) is 7.57. The first-order valence-electron chi connectivity index (χ1n) is 13.0. The smallest absolute Gasteiger partial charge is 0.313 e. The fourth-order valence-corrected chi connectivity index (χ4v) is 5.78. The second kappa shape index (κ2) is 10.6. The highest BCUT2D eigenvalue weighted by molar-refractivity contribution is 6.33. The lowest BCUT2D eigenvalue weighted by Crippen LogP contribution is -2.45. The number of nitrogens with zero attached hydrogens (tertiary/aromatic N) is 1. The molecule has 0 bridgehead atoms. The molecule has 2 heterocycles. The Morgan fingerprint density at radius 2 is 1.63 bits per heavy atom. The summed E-state index contributed by atoms with van der Waals surface area (Å²) < 4.78 is 11.4. The van der Waals surface area contributed by atoms with E-state index in [0.29, 0.717) is 57.8 Å². The van der Waals surface area contributed by atoms with Gasteiger partial charge in [0.1, 0.15) is 19.1 Å². The van der Waals surface area contributed by atoms with Gasteiger partial charge in [-0.15, -0.1) is 0 Å². The largest absolute Gasteiger partial charge is 0.486 e. The highest BCUT2D eigenvalue weighted by atomic mass is 35.5. The third-order valence-electron chi connectivity index (χ3n) is 7.26. The molecule has 4 aromatic rings. The quantitative estimate of drug-likeness (QED) is 0.292. The van der Waals surface area contributed by atoms with E-state index < -0.39 is 17.9 Å². The Bertz CT molecular complexity index is 1690. The van der Waals surface area contributed by atoms with Crippen LogP contribution in [0.3, 0.4) is 0 Å². The Morgan fingerprint density at radius 3 is 2.34 bits per heavy atom. The number of fused-ring (bicyclic) bond motifs is 2. The highest BCUT2D eigenvalue weighted by Gasteiger charge is 2.45. The van der Waals surface area contributed by atoms with Crippen LogP contribution in [-0.4, -0.2) is 36.1 Å². The maximum absolute atomic E-state index is 14.0. The number of ether oxygens (including phenoxy) is 2. The molecule has 0 saturated heterocycles. The monoisotopic (exact) mass is 568 g/mol. The van der Waals surface area contributed by atoms with Gasteiger partial charge in [-0.05, 0) is 59.2 Å². The Kier molecular flexibility index (Phi) is 6.85. The van der Waals surface area contributed by atoms with E-state index in [0.717, 1.165) is 11.1 Å². The minimum atomic E-state index is -1.06. The van der Waals surface area contributed by atoms with Gasteiger partial charge in [0.15, 0.2) is 11.5 Å². The normalized spacial score (nSPS) is 17.5. The van der Waals surface area contributed by atoms with Gasteiger partial charge < -0.3 is 19.9 Å². The van der Waals surface area contributed by atoms with Crippen LogP contribution in [0.25, 0.3) is 11.1 Å². The predicted molar refractivity (Wildman–Crippen MR) is 155 cm³/mol. The lowest BCUT2D eigenvalue weighted by molar-refractivity contribution is -0.139. The molecule has 0 fully saturated rings. The number of carboxylic acid groups (broad SMARTS) is 1. The van der Waals surface area contributed by atoms with Gasteiger partial charge in [0.25, 0.3) is 5.91 Å². The summed E-state index contributed by atoms with van der Waals surface area (Å²) in [5, 5.41) is 13.6. The summed E-state index contributed by atoms with van der Waals surface area (Å²) in [5.74, 6) is -1.54. The van der Waals surface area contributed by atoms with Gasteiger partial charge in [-0.2, -0.15) is 0 Å². The molecule has 2 aliphatic rings. The molecule has 2 atom stereocenters. The average Bonchev–Trinajstić information content (AvgIpc) is 2.97. The first-order chi connectivity index (χ1) is 19.8. The van der Waals surface area contributed by atoms with Crippen LogP contribution in [0.1, 0.15) is 40.4 Å². The van der Waals surface area contributed by atoms with Crippen molar-refractivity contribution in [3.8, 4) is 22.6 Å². The molecule has 0 aliphatic carbocycles. The molecule has 2 N–H and O–H groups in total. The van der Waals surface area contributed by atoms with E-state index in [1.807, 2.05) is 12.1 Å². The summed E-state index contributed by atoms with van der Waals surface area (Å²) in [6.07, 6.45) is 0. The van der Waals surface area contributed by atoms with E-state index in [4.69, 9.17) is 21.1 Å². The molecule has 41 heavy (non-hydrogen) atoms. The predicted octanol–water partition coefficient (Wildman–Crippen LogP) is 6.31. The number of carbonyl (C=O) groups is 3. The Balaban J connectivity index is 1.46. The Labute approximate surface area is 241 Å². The van der Waals surface area contributed by atoms with E-state index in [2.05, 4.69) is 5.32 Å². The summed E-state index contributed by atoms with van der Waals surface area (Å²) >= 11 is 6.78. The van der Waals surface area contributed by atoms with Crippen molar-refractivity contribution < 1.29 is 29.0 Å². The topological polar surface area (TPSA) is 105 Å². The van der Waals surface area contributed by atoms with Gasteiger partial charge in [-0.3, -0.25) is 19.3 Å². The van der Waals surface area contributed by atoms with Crippen LogP contribution in [0.2, 0.25) is 5.02 Å². The number of benzene rings is 4. The highest BCUT2D eigenvalue weighted by Crippen LogP contribution is 2.47. The van der Waals surface area contributed by atoms with Crippen molar-refractivity contribution in [2.24, 2.45) is 0 Å². The lowest BCUT2D eigenvalue weighted by Gasteiger charge is -2.41. The van der Waals surface area contributed by atoms with Crippen LogP contribution in [0.5, 0.6) is 11.5 Å². The Morgan fingerprint density at radius 1 is 0.902 bits per heavy atom. The zero-order valence-electron chi connectivity index (χ0n) is 22.0. The van der Waals surface area contributed by atoms with Gasteiger partial charge in [-0.1, -0.05) is 54.1 Å². The van der Waals surface area contributed by atoms with Gasteiger partial charge >= 0.3 is 5.97 Å². The number of anilines is 2. The number of hydrogen-bond donors (Lipinski definition) is 2. The van der Waals surface area contributed by atoms with Gasteiger partial charge in [-0.25, -0.2) is 0 Å². The van der Waals surface area contributed by atoms with Gasteiger partial charge in [0.05, 0.1) is 11.1 Å². The van der Waals surface area contributed by atoms with Crippen LogP contribution >= 0.6 is 11.6 Å². The number of carbonyl (C=O) groups excluding carboxylic acids is 2. The molecule has 8 nitrogen and oxygen atoms in total. The maximum atomic E-state index is 14.0. The van der Waals surface area contributed by atoms with E-state index in [1.54, 1.807) is 72.8 Å². The summed E-state index contributed by atoms with van der Waals surface area (Å²) in [6, 6.07) is 23.6. The molecule has 2 aliphatic heterocycles. The van der Waals surface area contributed by atoms with Crippen LogP contribution in [0, 0.1) is 0 Å². The molecule has 2 amide bonds. The molecule has 6 rings (SSSR count). The molecule has 0 spiro atoms. The van der Waals surface area contributed by atoms with E-state index >= 15 is 0 Å². The summed E-state index contributed by atoms with van der Waals surface area (Å²) in [6.45, 7) is 2.24. The molecule has 9 heteroatoms. The van der Waals surface area contributed by atoms with Crippen molar-refractivity contribution >= 4 is 40.8 Å². The number of amides is 2. The van der Waals surface area contributed by atoms with E-state index in [9.17, 15) is 19.5 Å². The molecular weight excluding hydrogens is 544 g/mol. The zero-order chi connectivity index (χ0) is 28.7. The van der Waals surface area contributed by atoms with Crippen molar-refractivity contribution in [1.82, 2.24) is 0 Å². The fourth-order valence-electron chi connectivity index (χ4n) is 5.49. The van der Waals surface area contributed by atoms with E-state index in [1.165, 1.54) is 11.8 Å². The summed E-state index contributed by atoms with van der Waals surface area (Å²) in [7, 11) is 0. The number of hydrogen-bond acceptors (Lipinski definition) is 5. The minimum Gasteiger partial charge on any atom is -0.486 e. The van der Waals surface area contributed by atoms with E-state index in [-0.39, 0.29) is 11.8 Å². The first kappa shape index (κ1) is 26.4. The molecule has 4 aromatic carbocycles. The summed E-state index contributed by atoms with van der Waals surface area (Å²) in [5.41, 5.74) is 4.02. The molecule has 206 valence electrons. The lowest BCUT2D eigenvalue weighted by atomic mass is 9.79. The zero-order valence-corrected chi connectivity index (χ0v) is 22.7. The molecule has 0 aromatic heterocycles. The fraction of sp³-hybridized carbons (Fsp3) is 0.156. The van der Waals surface area contributed by atoms with Crippen LogP contribution in [-0.2, 0) is 9.59 Å². The minimum absolute atomic E-state index is 0.167. The molecule has 0 saturated carbocycles. The number of aliphatic carboxylic acids is 1. The molecule has 0 unspecified atom stereocenters. The van der Waals surface area contributed by atoms with Crippen molar-refractivity contribution in [2.45, 2.75) is 18.9 Å². The molecular formula is C32H25ClN2O6. The number of rotatable bonds is 5. The van der Waals surface area contributed by atoms with Gasteiger partial charge in [0.2, 0.25) is 5.91 Å². The number of carboxylic acids is 1. The SMILES string of the molecule is CC(=O)Nc1ccc(-c2ccc(N3C(=O)c4ccccc4[C@H](C(=O)O)[C@H]3c3ccc4c(c3)OCCO4)cc2Cl)cc1. The van der Waals surface area contributed by atoms with Crippen LogP contribution < -0.4 is 19.7 Å². The average molecular weight is 569 g/mol. The number of halogens is 1. The molecule has 0 radical (unpaired) electrons. The van der Waals surface area contributed by atoms with Crippen LogP contribution in [0.15, 0.2) is 84.9 Å². The Hall–Kier alpha value is -4.82.